The van der Waals surface area contributed by atoms with Crippen LogP contribution in [-0.4, -0.2) is 57.3 Å². The minimum absolute atomic E-state index is 0.0848. The summed E-state index contributed by atoms with van der Waals surface area (Å²) >= 11 is 0. The SMILES string of the molecule is COC1CN(C(=O)OC(C)(C)C)CC1O[Si](C)(C)C(C)(C)C. The van der Waals surface area contributed by atoms with Crippen LogP contribution in [0.1, 0.15) is 41.5 Å². The Kier molecular flexibility index (Phi) is 5.74. The Morgan fingerprint density at radius 3 is 1.95 bits per heavy atom. The first-order valence-corrected chi connectivity index (χ1v) is 10.9. The van der Waals surface area contributed by atoms with Gasteiger partial charge in [0, 0.05) is 7.11 Å². The number of methoxy groups -OCH3 is 1. The minimum Gasteiger partial charge on any atom is -0.444 e. The van der Waals surface area contributed by atoms with E-state index in [1.165, 1.54) is 0 Å². The average molecular weight is 332 g/mol. The van der Waals surface area contributed by atoms with E-state index in [2.05, 4.69) is 33.9 Å². The van der Waals surface area contributed by atoms with Crippen molar-refractivity contribution in [1.82, 2.24) is 4.90 Å². The second-order valence-corrected chi connectivity index (χ2v) is 13.3. The molecule has 1 aliphatic rings. The summed E-state index contributed by atoms with van der Waals surface area (Å²) in [5.74, 6) is 0. The first-order chi connectivity index (χ1) is 9.77. The molecule has 1 fully saturated rings. The van der Waals surface area contributed by atoms with Crippen LogP contribution in [0.2, 0.25) is 18.1 Å². The molecule has 1 saturated heterocycles. The topological polar surface area (TPSA) is 48.0 Å². The van der Waals surface area contributed by atoms with Crippen molar-refractivity contribution in [2.75, 3.05) is 20.2 Å². The Bertz CT molecular complexity index is 398. The monoisotopic (exact) mass is 331 g/mol. The van der Waals surface area contributed by atoms with Gasteiger partial charge in [-0.1, -0.05) is 20.8 Å². The van der Waals surface area contributed by atoms with Crippen molar-refractivity contribution in [3.8, 4) is 0 Å². The van der Waals surface area contributed by atoms with Gasteiger partial charge in [0.2, 0.25) is 0 Å². The quantitative estimate of drug-likeness (QED) is 0.741. The molecule has 0 N–H and O–H groups in total. The fourth-order valence-electron chi connectivity index (χ4n) is 2.11. The van der Waals surface area contributed by atoms with Crippen molar-refractivity contribution in [2.45, 2.75) is 77.5 Å². The summed E-state index contributed by atoms with van der Waals surface area (Å²) in [6, 6.07) is 0. The van der Waals surface area contributed by atoms with Crippen molar-refractivity contribution < 1.29 is 18.7 Å². The van der Waals surface area contributed by atoms with Crippen LogP contribution in [0, 0.1) is 0 Å². The van der Waals surface area contributed by atoms with Gasteiger partial charge in [0.1, 0.15) is 11.7 Å². The summed E-state index contributed by atoms with van der Waals surface area (Å²) in [5, 5.41) is 0.130. The molecule has 0 aromatic heterocycles. The van der Waals surface area contributed by atoms with Crippen molar-refractivity contribution >= 4 is 14.4 Å². The molecule has 6 heteroatoms. The van der Waals surface area contributed by atoms with E-state index in [0.29, 0.717) is 13.1 Å². The number of likely N-dealkylation sites (tertiary alicyclic amines) is 1. The molecule has 2 atom stereocenters. The maximum atomic E-state index is 12.2. The Labute approximate surface area is 136 Å². The van der Waals surface area contributed by atoms with E-state index in [9.17, 15) is 4.79 Å². The van der Waals surface area contributed by atoms with Gasteiger partial charge in [0.15, 0.2) is 8.32 Å². The number of amides is 1. The van der Waals surface area contributed by atoms with Crippen molar-refractivity contribution in [3.63, 3.8) is 0 Å². The molecule has 0 bridgehead atoms. The summed E-state index contributed by atoms with van der Waals surface area (Å²) in [4.78, 5) is 13.9. The van der Waals surface area contributed by atoms with Crippen LogP contribution >= 0.6 is 0 Å². The van der Waals surface area contributed by atoms with Crippen LogP contribution < -0.4 is 0 Å². The first-order valence-electron chi connectivity index (χ1n) is 7.95. The molecule has 0 aromatic rings. The lowest BCUT2D eigenvalue weighted by molar-refractivity contribution is 0.0229. The second-order valence-electron chi connectivity index (χ2n) is 8.58. The Balaban J connectivity index is 2.76. The molecule has 0 aromatic carbocycles. The van der Waals surface area contributed by atoms with E-state index >= 15 is 0 Å². The predicted octanol–water partition coefficient (Wildman–Crippen LogP) is 3.64. The summed E-state index contributed by atoms with van der Waals surface area (Å²) in [5.41, 5.74) is -0.488. The van der Waals surface area contributed by atoms with Gasteiger partial charge in [-0.2, -0.15) is 0 Å². The molecule has 0 radical (unpaired) electrons. The Morgan fingerprint density at radius 2 is 1.55 bits per heavy atom. The highest BCUT2D eigenvalue weighted by atomic mass is 28.4. The molecular weight excluding hydrogens is 298 g/mol. The van der Waals surface area contributed by atoms with Gasteiger partial charge in [-0.3, -0.25) is 0 Å². The van der Waals surface area contributed by atoms with Crippen molar-refractivity contribution in [1.29, 1.82) is 0 Å². The number of hydrogen-bond acceptors (Lipinski definition) is 4. The summed E-state index contributed by atoms with van der Waals surface area (Å²) in [6.07, 6.45) is -0.476. The van der Waals surface area contributed by atoms with E-state index in [0.717, 1.165) is 0 Å². The van der Waals surface area contributed by atoms with Gasteiger partial charge in [0.05, 0.1) is 19.2 Å². The largest absolute Gasteiger partial charge is 0.444 e. The van der Waals surface area contributed by atoms with Gasteiger partial charge in [0.25, 0.3) is 0 Å². The maximum Gasteiger partial charge on any atom is 0.410 e. The van der Waals surface area contributed by atoms with Gasteiger partial charge in [-0.05, 0) is 38.9 Å². The number of carbonyl (C=O) groups excluding carboxylic acids is 1. The van der Waals surface area contributed by atoms with Gasteiger partial charge >= 0.3 is 6.09 Å². The van der Waals surface area contributed by atoms with Crippen LogP contribution in [0.25, 0.3) is 0 Å². The van der Waals surface area contributed by atoms with E-state index < -0.39 is 13.9 Å². The minimum atomic E-state index is -1.90. The molecule has 22 heavy (non-hydrogen) atoms. The summed E-state index contributed by atoms with van der Waals surface area (Å²) in [7, 11) is -0.226. The van der Waals surface area contributed by atoms with Gasteiger partial charge in [-0.25, -0.2) is 4.79 Å². The lowest BCUT2D eigenvalue weighted by atomic mass is 10.2. The molecule has 0 aliphatic carbocycles. The zero-order valence-corrected chi connectivity index (χ0v) is 16.6. The Morgan fingerprint density at radius 1 is 1.05 bits per heavy atom. The molecule has 1 heterocycles. The molecule has 0 saturated carbocycles. The standard InChI is InChI=1S/C16H33NO4Si/c1-15(2,3)20-14(18)17-10-12(19-7)13(11-17)21-22(8,9)16(4,5)6/h12-13H,10-11H2,1-9H3. The predicted molar refractivity (Wildman–Crippen MR) is 90.7 cm³/mol. The van der Waals surface area contributed by atoms with Crippen LogP contribution in [0.3, 0.4) is 0 Å². The zero-order chi connectivity index (χ0) is 17.3. The van der Waals surface area contributed by atoms with E-state index in [1.54, 1.807) is 12.0 Å². The number of nitrogens with zero attached hydrogens (tertiary/aromatic N) is 1. The molecule has 2 unspecified atom stereocenters. The Hall–Kier alpha value is -0.593. The fraction of sp³-hybridized carbons (Fsp3) is 0.938. The summed E-state index contributed by atoms with van der Waals surface area (Å²) in [6.45, 7) is 17.7. The highest BCUT2D eigenvalue weighted by Gasteiger charge is 2.45. The number of ether oxygens (including phenoxy) is 2. The number of rotatable bonds is 3. The molecular formula is C16H33NO4Si. The van der Waals surface area contributed by atoms with Gasteiger partial charge < -0.3 is 18.8 Å². The molecule has 5 nitrogen and oxygen atoms in total. The van der Waals surface area contributed by atoms with Crippen LogP contribution in [0.15, 0.2) is 0 Å². The van der Waals surface area contributed by atoms with Crippen LogP contribution in [-0.2, 0) is 13.9 Å². The fourth-order valence-corrected chi connectivity index (χ4v) is 3.45. The highest BCUT2D eigenvalue weighted by Crippen LogP contribution is 2.38. The molecule has 1 aliphatic heterocycles. The smallest absolute Gasteiger partial charge is 0.410 e. The van der Waals surface area contributed by atoms with E-state index in [1.807, 2.05) is 20.8 Å². The molecule has 130 valence electrons. The second kappa shape index (κ2) is 6.49. The lowest BCUT2D eigenvalue weighted by Crippen LogP contribution is -2.47. The number of hydrogen-bond donors (Lipinski definition) is 0. The van der Waals surface area contributed by atoms with Gasteiger partial charge in [-0.15, -0.1) is 0 Å². The average Bonchev–Trinajstić information content (AvgIpc) is 2.67. The molecule has 1 amide bonds. The maximum absolute atomic E-state index is 12.2. The van der Waals surface area contributed by atoms with Crippen LogP contribution in [0.5, 0.6) is 0 Å². The van der Waals surface area contributed by atoms with E-state index in [4.69, 9.17) is 13.9 Å². The van der Waals surface area contributed by atoms with E-state index in [-0.39, 0.29) is 23.3 Å². The molecule has 1 rings (SSSR count). The first kappa shape index (κ1) is 19.5. The van der Waals surface area contributed by atoms with Crippen LogP contribution in [0.4, 0.5) is 4.79 Å². The zero-order valence-electron chi connectivity index (χ0n) is 15.6. The third-order valence-corrected chi connectivity index (χ3v) is 8.93. The van der Waals surface area contributed by atoms with Crippen molar-refractivity contribution in [3.05, 3.63) is 0 Å². The third-order valence-electron chi connectivity index (χ3n) is 4.42. The highest BCUT2D eigenvalue weighted by molar-refractivity contribution is 6.74. The number of carbonyl (C=O) groups is 1. The van der Waals surface area contributed by atoms with Crippen molar-refractivity contribution in [2.24, 2.45) is 0 Å². The molecule has 0 spiro atoms. The normalized spacial score (nSPS) is 23.8. The lowest BCUT2D eigenvalue weighted by Gasteiger charge is -2.39. The summed E-state index contributed by atoms with van der Waals surface area (Å²) < 4.78 is 17.4. The third kappa shape index (κ3) is 4.96.